The zero-order valence-corrected chi connectivity index (χ0v) is 12.7. The molecular weight excluding hydrogens is 270 g/mol. The Morgan fingerprint density at radius 3 is 2.76 bits per heavy atom. The zero-order chi connectivity index (χ0) is 15.2. The largest absolute Gasteiger partial charge is 0.497 e. The number of carbonyl (C=O) groups excluding carboxylic acids is 1. The Bertz CT molecular complexity index is 489. The molecule has 1 aliphatic rings. The molecular formula is C16H23NO4. The second-order valence-electron chi connectivity index (χ2n) is 5.25. The van der Waals surface area contributed by atoms with Gasteiger partial charge in [0.15, 0.2) is 0 Å². The maximum Gasteiger partial charge on any atom is 0.258 e. The smallest absolute Gasteiger partial charge is 0.258 e. The van der Waals surface area contributed by atoms with Crippen LogP contribution in [0.15, 0.2) is 18.2 Å². The second kappa shape index (κ2) is 7.31. The Hall–Kier alpha value is -1.75. The lowest BCUT2D eigenvalue weighted by Crippen LogP contribution is -2.42. The lowest BCUT2D eigenvalue weighted by atomic mass is 10.1. The number of aliphatic hydroxyl groups excluding tert-OH is 1. The SMILES string of the molecule is COc1ccc(OC)c(C(=O)N2CCCCCC2CO)c1. The molecule has 1 heterocycles. The van der Waals surface area contributed by atoms with Gasteiger partial charge in [0.2, 0.25) is 0 Å². The standard InChI is InChI=1S/C16H23NO4/c1-20-13-7-8-15(21-2)14(10-13)16(19)17-9-5-3-4-6-12(17)11-18/h7-8,10,12,18H,3-6,9,11H2,1-2H3. The number of hydrogen-bond acceptors (Lipinski definition) is 4. The molecule has 1 saturated heterocycles. The lowest BCUT2D eigenvalue weighted by molar-refractivity contribution is 0.0596. The number of methoxy groups -OCH3 is 2. The van der Waals surface area contributed by atoms with Gasteiger partial charge in [0, 0.05) is 6.54 Å². The summed E-state index contributed by atoms with van der Waals surface area (Å²) in [5.41, 5.74) is 0.484. The van der Waals surface area contributed by atoms with Crippen molar-refractivity contribution in [1.29, 1.82) is 0 Å². The molecule has 1 aliphatic heterocycles. The fourth-order valence-electron chi connectivity index (χ4n) is 2.77. The molecule has 1 atom stereocenters. The summed E-state index contributed by atoms with van der Waals surface area (Å²) in [4.78, 5) is 14.6. The first-order valence-electron chi connectivity index (χ1n) is 7.35. The molecule has 1 fully saturated rings. The summed E-state index contributed by atoms with van der Waals surface area (Å²) < 4.78 is 10.5. The number of likely N-dealkylation sites (tertiary alicyclic amines) is 1. The Kier molecular flexibility index (Phi) is 5.44. The first kappa shape index (κ1) is 15.6. The quantitative estimate of drug-likeness (QED) is 0.923. The average Bonchev–Trinajstić information content (AvgIpc) is 2.78. The van der Waals surface area contributed by atoms with E-state index in [9.17, 15) is 9.90 Å². The van der Waals surface area contributed by atoms with Gasteiger partial charge in [-0.15, -0.1) is 0 Å². The van der Waals surface area contributed by atoms with Crippen molar-refractivity contribution in [3.8, 4) is 11.5 Å². The summed E-state index contributed by atoms with van der Waals surface area (Å²) >= 11 is 0. The average molecular weight is 293 g/mol. The minimum atomic E-state index is -0.115. The van der Waals surface area contributed by atoms with E-state index in [0.29, 0.717) is 23.6 Å². The van der Waals surface area contributed by atoms with Gasteiger partial charge in [-0.25, -0.2) is 0 Å². The van der Waals surface area contributed by atoms with Gasteiger partial charge in [-0.3, -0.25) is 4.79 Å². The van der Waals surface area contributed by atoms with Crippen LogP contribution in [0.25, 0.3) is 0 Å². The minimum absolute atomic E-state index is 0.00196. The minimum Gasteiger partial charge on any atom is -0.497 e. The van der Waals surface area contributed by atoms with E-state index in [1.54, 1.807) is 37.3 Å². The second-order valence-corrected chi connectivity index (χ2v) is 5.25. The van der Waals surface area contributed by atoms with Crippen molar-refractivity contribution < 1.29 is 19.4 Å². The summed E-state index contributed by atoms with van der Waals surface area (Å²) in [7, 11) is 3.11. The molecule has 0 aliphatic carbocycles. The number of carbonyl (C=O) groups is 1. The van der Waals surface area contributed by atoms with E-state index < -0.39 is 0 Å². The zero-order valence-electron chi connectivity index (χ0n) is 12.7. The van der Waals surface area contributed by atoms with Crippen LogP contribution in [-0.2, 0) is 0 Å². The Balaban J connectivity index is 2.32. The van der Waals surface area contributed by atoms with Crippen LogP contribution >= 0.6 is 0 Å². The molecule has 1 N–H and O–H groups in total. The highest BCUT2D eigenvalue weighted by Crippen LogP contribution is 2.27. The van der Waals surface area contributed by atoms with Gasteiger partial charge in [-0.05, 0) is 31.0 Å². The molecule has 1 aromatic rings. The van der Waals surface area contributed by atoms with E-state index in [-0.39, 0.29) is 18.6 Å². The molecule has 1 aromatic carbocycles. The van der Waals surface area contributed by atoms with E-state index in [1.165, 1.54) is 0 Å². The Morgan fingerprint density at radius 2 is 2.10 bits per heavy atom. The number of aliphatic hydroxyl groups is 1. The number of ether oxygens (including phenoxy) is 2. The number of rotatable bonds is 4. The molecule has 0 saturated carbocycles. The summed E-state index contributed by atoms with van der Waals surface area (Å²) in [5.74, 6) is 1.04. The van der Waals surface area contributed by atoms with Crippen LogP contribution in [0.3, 0.4) is 0 Å². The summed E-state index contributed by atoms with van der Waals surface area (Å²) in [6, 6.07) is 5.08. The third-order valence-corrected chi connectivity index (χ3v) is 3.99. The van der Waals surface area contributed by atoms with Gasteiger partial charge >= 0.3 is 0 Å². The number of amides is 1. The first-order chi connectivity index (χ1) is 10.2. The van der Waals surface area contributed by atoms with Crippen LogP contribution in [0, 0.1) is 0 Å². The number of nitrogens with zero attached hydrogens (tertiary/aromatic N) is 1. The normalized spacial score (nSPS) is 19.0. The first-order valence-corrected chi connectivity index (χ1v) is 7.35. The molecule has 116 valence electrons. The molecule has 1 unspecified atom stereocenters. The summed E-state index contributed by atoms with van der Waals surface area (Å²) in [5, 5.41) is 9.56. The topological polar surface area (TPSA) is 59.0 Å². The highest BCUT2D eigenvalue weighted by molar-refractivity contribution is 5.97. The maximum absolute atomic E-state index is 12.8. The lowest BCUT2D eigenvalue weighted by Gasteiger charge is -2.29. The summed E-state index contributed by atoms with van der Waals surface area (Å²) in [6.07, 6.45) is 3.95. The van der Waals surface area contributed by atoms with Gasteiger partial charge in [0.25, 0.3) is 5.91 Å². The molecule has 1 amide bonds. The molecule has 0 bridgehead atoms. The third-order valence-electron chi connectivity index (χ3n) is 3.99. The van der Waals surface area contributed by atoms with Gasteiger partial charge in [0.1, 0.15) is 11.5 Å². The maximum atomic E-state index is 12.8. The van der Waals surface area contributed by atoms with E-state index in [4.69, 9.17) is 9.47 Å². The fraction of sp³-hybridized carbons (Fsp3) is 0.562. The molecule has 2 rings (SSSR count). The Labute approximate surface area is 125 Å². The van der Waals surface area contributed by atoms with Crippen LogP contribution in [-0.4, -0.2) is 49.3 Å². The number of benzene rings is 1. The van der Waals surface area contributed by atoms with E-state index in [0.717, 1.165) is 25.7 Å². The molecule has 0 radical (unpaired) electrons. The van der Waals surface area contributed by atoms with E-state index >= 15 is 0 Å². The molecule has 0 aromatic heterocycles. The Morgan fingerprint density at radius 1 is 1.29 bits per heavy atom. The summed E-state index contributed by atoms with van der Waals surface area (Å²) in [6.45, 7) is 0.669. The predicted octanol–water partition coefficient (Wildman–Crippen LogP) is 2.08. The van der Waals surface area contributed by atoms with E-state index in [1.807, 2.05) is 0 Å². The highest BCUT2D eigenvalue weighted by Gasteiger charge is 2.27. The van der Waals surface area contributed by atoms with Crippen molar-refractivity contribution in [2.75, 3.05) is 27.4 Å². The van der Waals surface area contributed by atoms with Gasteiger partial charge < -0.3 is 19.5 Å². The van der Waals surface area contributed by atoms with Crippen molar-refractivity contribution in [3.63, 3.8) is 0 Å². The monoisotopic (exact) mass is 293 g/mol. The van der Waals surface area contributed by atoms with Crippen molar-refractivity contribution in [2.45, 2.75) is 31.7 Å². The number of hydrogen-bond donors (Lipinski definition) is 1. The predicted molar refractivity (Wildman–Crippen MR) is 79.9 cm³/mol. The van der Waals surface area contributed by atoms with Crippen molar-refractivity contribution >= 4 is 5.91 Å². The fourth-order valence-corrected chi connectivity index (χ4v) is 2.77. The molecule has 21 heavy (non-hydrogen) atoms. The van der Waals surface area contributed by atoms with Gasteiger partial charge in [0.05, 0.1) is 32.4 Å². The van der Waals surface area contributed by atoms with Crippen molar-refractivity contribution in [1.82, 2.24) is 4.90 Å². The van der Waals surface area contributed by atoms with Crippen LogP contribution < -0.4 is 9.47 Å². The molecule has 5 nitrogen and oxygen atoms in total. The van der Waals surface area contributed by atoms with Crippen LogP contribution in [0.2, 0.25) is 0 Å². The van der Waals surface area contributed by atoms with Crippen molar-refractivity contribution in [2.24, 2.45) is 0 Å². The van der Waals surface area contributed by atoms with Crippen molar-refractivity contribution in [3.05, 3.63) is 23.8 Å². The van der Waals surface area contributed by atoms with E-state index in [2.05, 4.69) is 0 Å². The van der Waals surface area contributed by atoms with Crippen LogP contribution in [0.5, 0.6) is 11.5 Å². The van der Waals surface area contributed by atoms with Crippen LogP contribution in [0.4, 0.5) is 0 Å². The van der Waals surface area contributed by atoms with Crippen LogP contribution in [0.1, 0.15) is 36.0 Å². The highest BCUT2D eigenvalue weighted by atomic mass is 16.5. The molecule has 0 spiro atoms. The molecule has 5 heteroatoms. The van der Waals surface area contributed by atoms with Gasteiger partial charge in [-0.1, -0.05) is 12.8 Å². The third kappa shape index (κ3) is 3.47. The van der Waals surface area contributed by atoms with Gasteiger partial charge in [-0.2, -0.15) is 0 Å².